The number of rotatable bonds is 6. The first-order chi connectivity index (χ1) is 57.6. The van der Waals surface area contributed by atoms with Gasteiger partial charge in [-0.25, -0.2) is 36.0 Å². The Morgan fingerprint density at radius 1 is 0.417 bits per heavy atom. The molecule has 10 fully saturated rings. The van der Waals surface area contributed by atoms with Crippen LogP contribution in [-0.2, 0) is 45.6 Å². The van der Waals surface area contributed by atoms with Crippen molar-refractivity contribution in [1.82, 2.24) is 63.4 Å². The number of piperidine rings is 2. The predicted molar refractivity (Wildman–Crippen MR) is 468 cm³/mol. The molecule has 9 aromatic rings. The van der Waals surface area contributed by atoms with Crippen LogP contribution in [0.15, 0.2) is 175 Å². The van der Waals surface area contributed by atoms with Gasteiger partial charge in [-0.3, -0.25) is 24.5 Å². The van der Waals surface area contributed by atoms with E-state index in [9.17, 15) is 36.0 Å². The molecule has 0 radical (unpaired) electrons. The number of nitrogens with zero attached hydrogens (tertiary/aromatic N) is 10. The first-order valence-corrected chi connectivity index (χ1v) is 46.6. The number of H-pyrrole nitrogens is 1. The highest BCUT2D eigenvalue weighted by molar-refractivity contribution is 7.89. The summed E-state index contributed by atoms with van der Waals surface area (Å²) >= 11 is 0. The number of sulfonamides is 2. The summed E-state index contributed by atoms with van der Waals surface area (Å²) in [6.45, 7) is 23.0. The van der Waals surface area contributed by atoms with Gasteiger partial charge < -0.3 is 49.3 Å². The van der Waals surface area contributed by atoms with E-state index < -0.39 is 25.6 Å². The summed E-state index contributed by atoms with van der Waals surface area (Å²) in [4.78, 5) is 74.6. The Bertz CT molecular complexity index is 5040. The third-order valence-corrected chi connectivity index (χ3v) is 28.7. The van der Waals surface area contributed by atoms with E-state index in [1.165, 1.54) is 107 Å². The quantitative estimate of drug-likeness (QED) is 0.130. The summed E-state index contributed by atoms with van der Waals surface area (Å²) in [5.41, 5.74) is 3.36. The highest BCUT2D eigenvalue weighted by Crippen LogP contribution is 2.41. The molecule has 7 saturated heterocycles. The number of pyridine rings is 4. The van der Waals surface area contributed by atoms with Crippen LogP contribution < -0.4 is 10.6 Å². The summed E-state index contributed by atoms with van der Waals surface area (Å²) in [6.07, 6.45) is 37.5. The maximum atomic E-state index is 13.7. The number of benzene rings is 3. The first-order valence-electron chi connectivity index (χ1n) is 43.7. The second kappa shape index (κ2) is 39.8. The van der Waals surface area contributed by atoms with Crippen LogP contribution in [0.3, 0.4) is 0 Å². The zero-order valence-electron chi connectivity index (χ0n) is 71.6. The average molecular weight is 1680 g/mol. The minimum atomic E-state index is -3.71. The maximum Gasteiger partial charge on any atom is 0.419 e. The molecule has 10 atom stereocenters. The van der Waals surface area contributed by atoms with Crippen LogP contribution in [0.4, 0.5) is 19.2 Å². The van der Waals surface area contributed by atoms with E-state index >= 15 is 0 Å². The van der Waals surface area contributed by atoms with Gasteiger partial charge in [0.1, 0.15) is 23.4 Å². The molecular formula is C93H125N13O12S2. The minimum absolute atomic E-state index is 0.0934. The number of aromatic amines is 1. The van der Waals surface area contributed by atoms with Crippen molar-refractivity contribution in [1.29, 1.82) is 0 Å². The molecule has 3 aromatic carbocycles. The van der Waals surface area contributed by atoms with Gasteiger partial charge in [-0.15, -0.1) is 0 Å². The smallest absolute Gasteiger partial charge is 0.419 e. The average Bonchev–Trinajstić information content (AvgIpc) is 1.50. The van der Waals surface area contributed by atoms with Crippen molar-refractivity contribution in [2.45, 2.75) is 273 Å². The molecule has 19 rings (SSSR count). The van der Waals surface area contributed by atoms with Crippen molar-refractivity contribution < 1.29 is 55.0 Å². The Kier molecular flexibility index (Phi) is 29.4. The summed E-state index contributed by atoms with van der Waals surface area (Å²) < 4.78 is 80.2. The molecule has 10 aliphatic rings. The Morgan fingerprint density at radius 3 is 1.54 bits per heavy atom. The number of ether oxygens (including phenoxy) is 4. The highest BCUT2D eigenvalue weighted by atomic mass is 32.2. The van der Waals surface area contributed by atoms with Crippen LogP contribution >= 0.6 is 0 Å². The highest BCUT2D eigenvalue weighted by Gasteiger charge is 2.49. The Hall–Kier alpha value is -9.12. The molecule has 120 heavy (non-hydrogen) atoms. The fraction of sp³-hybridized carbons (Fsp3) is 0.548. The van der Waals surface area contributed by atoms with Gasteiger partial charge in [-0.2, -0.15) is 8.61 Å². The third kappa shape index (κ3) is 22.4. The number of nitrogens with one attached hydrogen (secondary N) is 3. The number of carbonyl (C=O) groups is 4. The summed E-state index contributed by atoms with van der Waals surface area (Å²) in [5.74, 6) is 2.53. The normalized spacial score (nSPS) is 24.1. The fourth-order valence-electron chi connectivity index (χ4n) is 19.2. The third-order valence-electron chi connectivity index (χ3n) is 24.7. The van der Waals surface area contributed by atoms with Crippen LogP contribution in [0.2, 0.25) is 0 Å². The van der Waals surface area contributed by atoms with E-state index in [1.807, 2.05) is 145 Å². The van der Waals surface area contributed by atoms with Gasteiger partial charge in [0.15, 0.2) is 0 Å². The molecule has 7 aliphatic heterocycles. The van der Waals surface area contributed by atoms with Crippen LogP contribution in [-0.4, -0.2) is 199 Å². The number of aromatic nitrogens is 6. The molecule has 3 amide bonds. The van der Waals surface area contributed by atoms with Gasteiger partial charge >= 0.3 is 24.4 Å². The van der Waals surface area contributed by atoms with Gasteiger partial charge in [0, 0.05) is 140 Å². The van der Waals surface area contributed by atoms with Crippen LogP contribution in [0.25, 0.3) is 43.6 Å². The SMILES string of the molecule is C1CCC2NCCC2C1.CC(C)(C)OC(=O)N1CCC2CCCCC21.CC(C)(C)OC(=O)N1CCC2CCCCC21.CC(C)(C)OC(=O)n1ccc2ncccc21.O=C(OCc1ccccc1)N1CCCC2C1CCN2S(=O)(=O)c1cccc2cnccc12.O=S(=O)(c1cccc2cnccc12)N1CCC2NCCCC21.c1cnc2cc[nH]c2c1. The predicted octanol–water partition coefficient (Wildman–Crippen LogP) is 17.8. The molecule has 6 aromatic heterocycles. The van der Waals surface area contributed by atoms with E-state index in [2.05, 4.69) is 35.6 Å². The number of likely N-dealkylation sites (tertiary alicyclic amines) is 3. The molecule has 0 bridgehead atoms. The molecule has 3 N–H and O–H groups in total. The van der Waals surface area contributed by atoms with E-state index in [-0.39, 0.29) is 60.3 Å². The molecular weight excluding hydrogens is 1560 g/mol. The molecule has 3 saturated carbocycles. The van der Waals surface area contributed by atoms with Crippen LogP contribution in [0, 0.1) is 17.8 Å². The van der Waals surface area contributed by atoms with Gasteiger partial charge in [0.2, 0.25) is 20.0 Å². The number of hydrogen-bond donors (Lipinski definition) is 3. The van der Waals surface area contributed by atoms with E-state index in [0.717, 1.165) is 119 Å². The molecule has 0 spiro atoms. The van der Waals surface area contributed by atoms with Gasteiger partial charge in [-0.05, 0) is 256 Å². The van der Waals surface area contributed by atoms with Crippen molar-refractivity contribution >= 4 is 88.0 Å². The van der Waals surface area contributed by atoms with E-state index in [1.54, 1.807) is 105 Å². The van der Waals surface area contributed by atoms with E-state index in [4.69, 9.17) is 18.9 Å². The van der Waals surface area contributed by atoms with Gasteiger partial charge in [0.25, 0.3) is 0 Å². The molecule has 646 valence electrons. The summed E-state index contributed by atoms with van der Waals surface area (Å²) in [5, 5.41) is 10.1. The fourth-order valence-corrected chi connectivity index (χ4v) is 23.0. The first kappa shape index (κ1) is 88.7. The molecule has 13 heterocycles. The van der Waals surface area contributed by atoms with Crippen molar-refractivity contribution in [3.8, 4) is 0 Å². The van der Waals surface area contributed by atoms with Gasteiger partial charge in [-0.1, -0.05) is 93.1 Å². The Balaban J connectivity index is 0.000000126. The number of amides is 3. The number of hydrogen-bond acceptors (Lipinski definition) is 18. The lowest BCUT2D eigenvalue weighted by Crippen LogP contribution is -2.52. The molecule has 3 aliphatic carbocycles. The number of fused-ring (bicyclic) bond motifs is 9. The standard InChI is InChI=1S/C24H25N3O4S.C16H19N3O2S.2C13H23NO2.C12H14N2O2.C8H15N.C7H6N2/c28-24(31-17-18-6-2-1-3-7-18)26-14-5-9-22-21(26)12-15-27(22)32(29,30)23-10-4-8-19-16-25-13-11-20(19)23;20-22(21,19-10-7-14-15(19)4-2-8-18-14)16-5-1-3-12-11-17-9-6-13(12)16;2*1-13(2,3)16-12(15)14-9-8-10-6-4-5-7-11(10)14;1-12(2,3)16-11(15)14-8-6-9-10(14)5-4-7-13-9;1-2-4-8-7(3-1)5-6-9-8;1-2-6-7(8-4-1)3-5-9-6/h1-4,6-8,10-11,13,16,21-22H,5,9,12,14-15,17H2;1,3,5-6,9,11,14-15,18H,2,4,7-8,10H2;2*10-11H,4-9H2,1-3H3;4-8H,1-3H3;7-9H,1-6H2;1-5,9H. The van der Waals surface area contributed by atoms with Crippen LogP contribution in [0.1, 0.15) is 203 Å². The zero-order valence-corrected chi connectivity index (χ0v) is 73.2. The van der Waals surface area contributed by atoms with Crippen molar-refractivity contribution in [3.05, 3.63) is 170 Å². The molecule has 10 unspecified atom stereocenters. The topological polar surface area (TPSA) is 286 Å². The molecule has 27 heteroatoms. The minimum Gasteiger partial charge on any atom is -0.445 e. The van der Waals surface area contributed by atoms with Crippen molar-refractivity contribution in [3.63, 3.8) is 0 Å². The molecule has 25 nitrogen and oxygen atoms in total. The monoisotopic (exact) mass is 1680 g/mol. The lowest BCUT2D eigenvalue weighted by Gasteiger charge is -2.38. The largest absolute Gasteiger partial charge is 0.445 e. The summed E-state index contributed by atoms with van der Waals surface area (Å²) in [7, 11) is -7.18. The number of carbonyl (C=O) groups excluding carboxylic acids is 4. The van der Waals surface area contributed by atoms with E-state index in [0.29, 0.717) is 59.4 Å². The van der Waals surface area contributed by atoms with Crippen molar-refractivity contribution in [2.75, 3.05) is 45.8 Å². The Labute approximate surface area is 708 Å². The Morgan fingerprint density at radius 2 is 0.942 bits per heavy atom. The second-order valence-electron chi connectivity index (χ2n) is 36.3. The lowest BCUT2D eigenvalue weighted by atomic mass is 9.85. The lowest BCUT2D eigenvalue weighted by molar-refractivity contribution is 0.0172. The maximum absolute atomic E-state index is 13.7. The second-order valence-corrected chi connectivity index (χ2v) is 40.0. The zero-order chi connectivity index (χ0) is 84.8. The van der Waals surface area contributed by atoms with Crippen molar-refractivity contribution in [2.24, 2.45) is 17.8 Å². The van der Waals surface area contributed by atoms with Gasteiger partial charge in [0.05, 0.1) is 37.9 Å². The summed E-state index contributed by atoms with van der Waals surface area (Å²) in [6, 6.07) is 36.9. The van der Waals surface area contributed by atoms with Crippen LogP contribution in [0.5, 0.6) is 0 Å².